The lowest BCUT2D eigenvalue weighted by Crippen LogP contribution is -2.15. The number of hydrogen-bond acceptors (Lipinski definition) is 5. The molecule has 1 aromatic heterocycles. The highest BCUT2D eigenvalue weighted by molar-refractivity contribution is 6.06. The van der Waals surface area contributed by atoms with Crippen LogP contribution >= 0.6 is 0 Å². The molecule has 0 aliphatic heterocycles. The van der Waals surface area contributed by atoms with Crippen LogP contribution in [0.1, 0.15) is 20.8 Å². The van der Waals surface area contributed by atoms with Gasteiger partial charge in [-0.3, -0.25) is 0 Å². The van der Waals surface area contributed by atoms with Gasteiger partial charge in [0.15, 0.2) is 5.69 Å². The molecule has 6 nitrogen and oxygen atoms in total. The van der Waals surface area contributed by atoms with Gasteiger partial charge in [-0.15, -0.1) is 0 Å². The minimum atomic E-state index is -0.763. The monoisotopic (exact) mass is 448 g/mol. The van der Waals surface area contributed by atoms with E-state index in [4.69, 9.17) is 9.47 Å². The summed E-state index contributed by atoms with van der Waals surface area (Å²) >= 11 is 0. The second-order valence-electron chi connectivity index (χ2n) is 7.00. The van der Waals surface area contributed by atoms with Gasteiger partial charge in [-0.25, -0.2) is 23.1 Å². The largest absolute Gasteiger partial charge is 0.465 e. The molecule has 0 amide bonds. The molecule has 0 N–H and O–H groups in total. The number of nitrogens with zero attached hydrogens (tertiary/aromatic N) is 2. The van der Waals surface area contributed by atoms with Crippen molar-refractivity contribution >= 4 is 11.9 Å². The molecular weight excluding hydrogens is 430 g/mol. The van der Waals surface area contributed by atoms with Crippen LogP contribution in [-0.2, 0) is 9.47 Å². The Hall–Kier alpha value is -4.33. The van der Waals surface area contributed by atoms with Crippen LogP contribution < -0.4 is 0 Å². The fourth-order valence-corrected chi connectivity index (χ4v) is 3.49. The van der Waals surface area contributed by atoms with Crippen molar-refractivity contribution in [2.75, 3.05) is 14.2 Å². The second kappa shape index (κ2) is 9.04. The highest BCUT2D eigenvalue weighted by Crippen LogP contribution is 2.31. The predicted molar refractivity (Wildman–Crippen MR) is 117 cm³/mol. The molecule has 0 radical (unpaired) electrons. The summed E-state index contributed by atoms with van der Waals surface area (Å²) in [6.45, 7) is 0. The number of para-hydroxylation sites is 1. The van der Waals surface area contributed by atoms with Gasteiger partial charge < -0.3 is 9.47 Å². The molecule has 0 saturated heterocycles. The van der Waals surface area contributed by atoms with Crippen LogP contribution in [0.3, 0.4) is 0 Å². The predicted octanol–water partition coefficient (Wildman–Crippen LogP) is 5.06. The maximum Gasteiger partial charge on any atom is 0.357 e. The van der Waals surface area contributed by atoms with Crippen LogP contribution in [0.5, 0.6) is 0 Å². The minimum Gasteiger partial charge on any atom is -0.465 e. The maximum atomic E-state index is 14.2. The summed E-state index contributed by atoms with van der Waals surface area (Å²) in [6, 6.07) is 18.6. The Morgan fingerprint density at radius 1 is 0.818 bits per heavy atom. The molecule has 0 unspecified atom stereocenters. The number of carbonyl (C=O) groups excluding carboxylic acids is 2. The Bertz CT molecular complexity index is 1330. The Balaban J connectivity index is 1.89. The fraction of sp³-hybridized carbons (Fsp3) is 0.0800. The molecule has 3 aromatic carbocycles. The Labute approximate surface area is 188 Å². The SMILES string of the molecule is COC(=O)c1c(-c2ccc(-c3ccc(F)cc3F)cc2)nn(-c2ccccc2)c1C(=O)OC. The molecule has 1 heterocycles. The molecular formula is C25H18F2N2O4. The molecule has 0 bridgehead atoms. The number of methoxy groups -OCH3 is 2. The highest BCUT2D eigenvalue weighted by Gasteiger charge is 2.31. The molecule has 0 aliphatic rings. The topological polar surface area (TPSA) is 70.4 Å². The van der Waals surface area contributed by atoms with Gasteiger partial charge in [0.25, 0.3) is 0 Å². The zero-order valence-electron chi connectivity index (χ0n) is 17.7. The quantitative estimate of drug-likeness (QED) is 0.399. The summed E-state index contributed by atoms with van der Waals surface area (Å²) in [6.07, 6.45) is 0. The number of rotatable bonds is 5. The molecule has 0 atom stereocenters. The van der Waals surface area contributed by atoms with Crippen LogP contribution in [0.2, 0.25) is 0 Å². The molecule has 166 valence electrons. The summed E-state index contributed by atoms with van der Waals surface area (Å²) in [7, 11) is 2.41. The van der Waals surface area contributed by atoms with Crippen LogP contribution in [0.4, 0.5) is 8.78 Å². The highest BCUT2D eigenvalue weighted by atomic mass is 19.1. The van der Waals surface area contributed by atoms with Crippen molar-refractivity contribution in [2.45, 2.75) is 0 Å². The zero-order valence-corrected chi connectivity index (χ0v) is 17.7. The first kappa shape index (κ1) is 21.9. The average Bonchev–Trinajstić information content (AvgIpc) is 3.24. The van der Waals surface area contributed by atoms with Gasteiger partial charge in [-0.2, -0.15) is 5.10 Å². The number of halogens is 2. The molecule has 0 fully saturated rings. The molecule has 0 spiro atoms. The summed E-state index contributed by atoms with van der Waals surface area (Å²) in [4.78, 5) is 25.3. The third kappa shape index (κ3) is 4.10. The summed E-state index contributed by atoms with van der Waals surface area (Å²) in [5.74, 6) is -2.89. The normalized spacial score (nSPS) is 10.7. The first-order valence-corrected chi connectivity index (χ1v) is 9.85. The standard InChI is InChI=1S/C25H18F2N2O4/c1-32-24(30)21-22(28-29(23(21)25(31)33-2)18-6-4-3-5-7-18)16-10-8-15(9-11-16)19-13-12-17(26)14-20(19)27/h3-14H,1-2H3. The van der Waals surface area contributed by atoms with Crippen molar-refractivity contribution in [2.24, 2.45) is 0 Å². The lowest BCUT2D eigenvalue weighted by atomic mass is 10.0. The number of benzene rings is 3. The molecule has 8 heteroatoms. The van der Waals surface area contributed by atoms with Gasteiger partial charge in [0.1, 0.15) is 22.9 Å². The first-order valence-electron chi connectivity index (χ1n) is 9.85. The minimum absolute atomic E-state index is 0.0612. The summed E-state index contributed by atoms with van der Waals surface area (Å²) < 4.78 is 38.6. The van der Waals surface area contributed by atoms with Gasteiger partial charge in [0, 0.05) is 17.2 Å². The van der Waals surface area contributed by atoms with E-state index in [-0.39, 0.29) is 22.5 Å². The lowest BCUT2D eigenvalue weighted by Gasteiger charge is -2.07. The van der Waals surface area contributed by atoms with Crippen molar-refractivity contribution in [1.29, 1.82) is 0 Å². The molecule has 33 heavy (non-hydrogen) atoms. The number of hydrogen-bond donors (Lipinski definition) is 0. The lowest BCUT2D eigenvalue weighted by molar-refractivity contribution is 0.0549. The number of carbonyl (C=O) groups is 2. The van der Waals surface area contributed by atoms with E-state index < -0.39 is 23.6 Å². The molecule has 4 rings (SSSR count). The van der Waals surface area contributed by atoms with Gasteiger partial charge in [-0.05, 0) is 29.8 Å². The average molecular weight is 448 g/mol. The van der Waals surface area contributed by atoms with Crippen LogP contribution in [0.15, 0.2) is 72.8 Å². The van der Waals surface area contributed by atoms with Crippen LogP contribution in [0.25, 0.3) is 28.1 Å². The van der Waals surface area contributed by atoms with Crippen molar-refractivity contribution in [1.82, 2.24) is 9.78 Å². The van der Waals surface area contributed by atoms with Crippen molar-refractivity contribution in [3.63, 3.8) is 0 Å². The van der Waals surface area contributed by atoms with Crippen molar-refractivity contribution in [3.05, 3.63) is 95.7 Å². The van der Waals surface area contributed by atoms with Crippen LogP contribution in [0, 0.1) is 11.6 Å². The van der Waals surface area contributed by atoms with E-state index in [0.717, 1.165) is 6.07 Å². The number of aromatic nitrogens is 2. The van der Waals surface area contributed by atoms with E-state index in [1.54, 1.807) is 54.6 Å². The van der Waals surface area contributed by atoms with E-state index >= 15 is 0 Å². The Morgan fingerprint density at radius 2 is 1.45 bits per heavy atom. The summed E-state index contributed by atoms with van der Waals surface area (Å²) in [5, 5.41) is 4.51. The number of esters is 2. The molecule has 0 aliphatic carbocycles. The smallest absolute Gasteiger partial charge is 0.357 e. The third-order valence-corrected chi connectivity index (χ3v) is 5.05. The molecule has 4 aromatic rings. The van der Waals surface area contributed by atoms with Crippen molar-refractivity contribution < 1.29 is 27.8 Å². The van der Waals surface area contributed by atoms with E-state index in [9.17, 15) is 18.4 Å². The number of ether oxygens (including phenoxy) is 2. The fourth-order valence-electron chi connectivity index (χ4n) is 3.49. The zero-order chi connectivity index (χ0) is 23.5. The third-order valence-electron chi connectivity index (χ3n) is 5.05. The first-order chi connectivity index (χ1) is 15.9. The van der Waals surface area contributed by atoms with E-state index in [1.807, 2.05) is 0 Å². The van der Waals surface area contributed by atoms with E-state index in [2.05, 4.69) is 5.10 Å². The Kier molecular flexibility index (Phi) is 5.99. The van der Waals surface area contributed by atoms with Gasteiger partial charge in [0.2, 0.25) is 0 Å². The van der Waals surface area contributed by atoms with Gasteiger partial charge >= 0.3 is 11.9 Å². The summed E-state index contributed by atoms with van der Waals surface area (Å²) in [5.41, 5.74) is 1.80. The Morgan fingerprint density at radius 3 is 2.06 bits per heavy atom. The van der Waals surface area contributed by atoms with Crippen molar-refractivity contribution in [3.8, 4) is 28.1 Å². The maximum absolute atomic E-state index is 14.2. The van der Waals surface area contributed by atoms with Crippen LogP contribution in [-0.4, -0.2) is 35.9 Å². The molecule has 0 saturated carbocycles. The van der Waals surface area contributed by atoms with E-state index in [1.165, 1.54) is 31.0 Å². The van der Waals surface area contributed by atoms with Gasteiger partial charge in [-0.1, -0.05) is 42.5 Å². The van der Waals surface area contributed by atoms with Gasteiger partial charge in [0.05, 0.1) is 19.9 Å². The second-order valence-corrected chi connectivity index (χ2v) is 7.00. The van der Waals surface area contributed by atoms with E-state index in [0.29, 0.717) is 16.8 Å².